The Morgan fingerprint density at radius 2 is 1.77 bits per heavy atom. The van der Waals surface area contributed by atoms with E-state index < -0.39 is 5.97 Å². The Bertz CT molecular complexity index is 1270. The molecule has 1 aliphatic rings. The fourth-order valence-electron chi connectivity index (χ4n) is 3.33. The third-order valence-electron chi connectivity index (χ3n) is 4.96. The van der Waals surface area contributed by atoms with E-state index in [0.29, 0.717) is 34.7 Å². The van der Waals surface area contributed by atoms with Crippen LogP contribution in [0.3, 0.4) is 0 Å². The molecule has 0 saturated carbocycles. The van der Waals surface area contributed by atoms with Crippen LogP contribution in [0.5, 0.6) is 11.5 Å². The minimum Gasteiger partial charge on any atom is -0.490 e. The number of cyclic esters (lactones) is 1. The summed E-state index contributed by atoms with van der Waals surface area (Å²) in [6, 6.07) is 22.3. The average Bonchev–Trinajstić information content (AvgIpc) is 3.23. The minimum absolute atomic E-state index is 0.173. The Morgan fingerprint density at radius 3 is 2.49 bits per heavy atom. The zero-order valence-corrected chi connectivity index (χ0v) is 20.6. The molecule has 0 fully saturated rings. The molecule has 3 aromatic rings. The third kappa shape index (κ3) is 6.36. The predicted octanol–water partition coefficient (Wildman–Crippen LogP) is 4.89. The van der Waals surface area contributed by atoms with Crippen molar-refractivity contribution in [1.82, 2.24) is 5.32 Å². The van der Waals surface area contributed by atoms with E-state index in [1.807, 2.05) is 67.6 Å². The Labute approximate surface area is 211 Å². The molecule has 3 aromatic carbocycles. The van der Waals surface area contributed by atoms with Crippen molar-refractivity contribution in [3.8, 4) is 11.5 Å². The number of hydrogen-bond acceptors (Lipinski definition) is 6. The fourth-order valence-corrected chi connectivity index (χ4v) is 3.90. The lowest BCUT2D eigenvalue weighted by Crippen LogP contribution is -2.28. The maximum atomic E-state index is 12.3. The number of halogens is 1. The van der Waals surface area contributed by atoms with Crippen LogP contribution in [0.1, 0.15) is 23.6 Å². The lowest BCUT2D eigenvalue weighted by molar-refractivity contribution is -0.130. The van der Waals surface area contributed by atoms with Crippen LogP contribution < -0.4 is 14.8 Å². The van der Waals surface area contributed by atoms with E-state index in [0.717, 1.165) is 11.1 Å². The second-order valence-electron chi connectivity index (χ2n) is 7.52. The van der Waals surface area contributed by atoms with Gasteiger partial charge in [-0.15, -0.1) is 0 Å². The summed E-state index contributed by atoms with van der Waals surface area (Å²) >= 11 is 3.49. The van der Waals surface area contributed by atoms with Gasteiger partial charge >= 0.3 is 5.97 Å². The van der Waals surface area contributed by atoms with Gasteiger partial charge in [-0.3, -0.25) is 4.79 Å². The molecular formula is C27H23BrN2O5. The molecule has 0 saturated heterocycles. The van der Waals surface area contributed by atoms with Gasteiger partial charge in [0.05, 0.1) is 11.1 Å². The molecule has 0 aliphatic carbocycles. The van der Waals surface area contributed by atoms with Crippen molar-refractivity contribution < 1.29 is 23.8 Å². The molecule has 0 radical (unpaired) electrons. The third-order valence-corrected chi connectivity index (χ3v) is 5.55. The van der Waals surface area contributed by atoms with E-state index in [4.69, 9.17) is 14.2 Å². The normalized spacial score (nSPS) is 13.8. The zero-order valence-electron chi connectivity index (χ0n) is 19.0. The van der Waals surface area contributed by atoms with E-state index >= 15 is 0 Å². The highest BCUT2D eigenvalue weighted by Gasteiger charge is 2.24. The number of nitrogens with one attached hydrogen (secondary N) is 1. The SMILES string of the molecule is CCOc1cc(/C=C2\N=C(c3ccccc3)OC2=O)cc(Br)c1OCC(=O)NCc1ccccc1. The number of nitrogens with zero attached hydrogens (tertiary/aromatic N) is 1. The first-order chi connectivity index (χ1) is 17.0. The standard InChI is InChI=1S/C27H23BrN2O5/c1-2-33-23-15-19(14-22-27(32)35-26(30-22)20-11-7-4-8-12-20)13-21(28)25(23)34-17-24(31)29-16-18-9-5-3-6-10-18/h3-15H,2,16-17H2,1H3,(H,29,31)/b22-14-. The van der Waals surface area contributed by atoms with Crippen LogP contribution in [0.4, 0.5) is 0 Å². The molecule has 0 spiro atoms. The molecule has 35 heavy (non-hydrogen) atoms. The first-order valence-electron chi connectivity index (χ1n) is 11.0. The highest BCUT2D eigenvalue weighted by molar-refractivity contribution is 9.10. The number of amides is 1. The summed E-state index contributed by atoms with van der Waals surface area (Å²) in [6.07, 6.45) is 1.61. The predicted molar refractivity (Wildman–Crippen MR) is 136 cm³/mol. The maximum absolute atomic E-state index is 12.3. The number of carbonyl (C=O) groups excluding carboxylic acids is 2. The highest BCUT2D eigenvalue weighted by atomic mass is 79.9. The number of rotatable bonds is 9. The lowest BCUT2D eigenvalue weighted by Gasteiger charge is -2.15. The van der Waals surface area contributed by atoms with Crippen LogP contribution in [-0.4, -0.2) is 31.0 Å². The molecule has 1 amide bonds. The van der Waals surface area contributed by atoms with Crippen LogP contribution in [0, 0.1) is 0 Å². The Hall–Kier alpha value is -3.91. The first kappa shape index (κ1) is 24.2. The number of benzene rings is 3. The smallest absolute Gasteiger partial charge is 0.363 e. The molecule has 1 aliphatic heterocycles. The summed E-state index contributed by atoms with van der Waals surface area (Å²) in [6.45, 7) is 2.47. The van der Waals surface area contributed by atoms with Crippen molar-refractivity contribution >= 4 is 39.8 Å². The Balaban J connectivity index is 1.48. The van der Waals surface area contributed by atoms with E-state index in [1.165, 1.54) is 0 Å². The van der Waals surface area contributed by atoms with Crippen molar-refractivity contribution in [2.45, 2.75) is 13.5 Å². The zero-order chi connectivity index (χ0) is 24.6. The van der Waals surface area contributed by atoms with Gasteiger partial charge in [0.15, 0.2) is 23.8 Å². The second kappa shape index (κ2) is 11.5. The maximum Gasteiger partial charge on any atom is 0.363 e. The van der Waals surface area contributed by atoms with E-state index in [-0.39, 0.29) is 24.1 Å². The average molecular weight is 535 g/mol. The summed E-state index contributed by atoms with van der Waals surface area (Å²) in [5.41, 5.74) is 2.55. The van der Waals surface area contributed by atoms with Crippen LogP contribution in [0.2, 0.25) is 0 Å². The van der Waals surface area contributed by atoms with Crippen molar-refractivity contribution in [2.24, 2.45) is 4.99 Å². The number of ether oxygens (including phenoxy) is 3. The second-order valence-corrected chi connectivity index (χ2v) is 8.37. The van der Waals surface area contributed by atoms with E-state index in [9.17, 15) is 9.59 Å². The largest absolute Gasteiger partial charge is 0.490 e. The number of aliphatic imine (C=N–C) groups is 1. The molecule has 4 rings (SSSR count). The van der Waals surface area contributed by atoms with E-state index in [1.54, 1.807) is 18.2 Å². The van der Waals surface area contributed by atoms with Crippen molar-refractivity contribution in [1.29, 1.82) is 0 Å². The van der Waals surface area contributed by atoms with Gasteiger partial charge in [-0.05, 0) is 64.3 Å². The van der Waals surface area contributed by atoms with Gasteiger partial charge in [0.2, 0.25) is 5.90 Å². The molecule has 1 heterocycles. The fraction of sp³-hybridized carbons (Fsp3) is 0.148. The summed E-state index contributed by atoms with van der Waals surface area (Å²) in [7, 11) is 0. The van der Waals surface area contributed by atoms with Crippen molar-refractivity contribution in [3.63, 3.8) is 0 Å². The molecule has 8 heteroatoms. The minimum atomic E-state index is -0.534. The number of carbonyl (C=O) groups is 2. The van der Waals surface area contributed by atoms with Crippen LogP contribution in [0.15, 0.2) is 88.0 Å². The molecule has 178 valence electrons. The summed E-state index contributed by atoms with van der Waals surface area (Å²) in [5, 5.41) is 2.83. The van der Waals surface area contributed by atoms with Crippen molar-refractivity contribution in [2.75, 3.05) is 13.2 Å². The quantitative estimate of drug-likeness (QED) is 0.312. The monoisotopic (exact) mass is 534 g/mol. The lowest BCUT2D eigenvalue weighted by atomic mass is 10.1. The molecule has 0 aromatic heterocycles. The highest BCUT2D eigenvalue weighted by Crippen LogP contribution is 2.38. The molecule has 0 atom stereocenters. The van der Waals surface area contributed by atoms with Gasteiger partial charge in [0, 0.05) is 12.1 Å². The van der Waals surface area contributed by atoms with Gasteiger partial charge in [-0.1, -0.05) is 48.5 Å². The van der Waals surface area contributed by atoms with Crippen molar-refractivity contribution in [3.05, 3.63) is 99.7 Å². The summed E-state index contributed by atoms with van der Waals surface area (Å²) in [5.74, 6) is 0.293. The van der Waals surface area contributed by atoms with Crippen LogP contribution in [0.25, 0.3) is 6.08 Å². The van der Waals surface area contributed by atoms with E-state index in [2.05, 4.69) is 26.2 Å². The van der Waals surface area contributed by atoms with Gasteiger partial charge in [0.1, 0.15) is 0 Å². The summed E-state index contributed by atoms with van der Waals surface area (Å²) in [4.78, 5) is 29.0. The Kier molecular flexibility index (Phi) is 7.95. The van der Waals surface area contributed by atoms with Crippen LogP contribution in [-0.2, 0) is 20.9 Å². The van der Waals surface area contributed by atoms with Gasteiger partial charge in [-0.2, -0.15) is 0 Å². The first-order valence-corrected chi connectivity index (χ1v) is 11.8. The number of hydrogen-bond donors (Lipinski definition) is 1. The molecule has 1 N–H and O–H groups in total. The van der Waals surface area contributed by atoms with Gasteiger partial charge in [-0.25, -0.2) is 9.79 Å². The number of esters is 1. The molecule has 0 bridgehead atoms. The summed E-state index contributed by atoms with van der Waals surface area (Å²) < 4.78 is 17.4. The Morgan fingerprint density at radius 1 is 1.06 bits per heavy atom. The molecular weight excluding hydrogens is 512 g/mol. The van der Waals surface area contributed by atoms with Gasteiger partial charge < -0.3 is 19.5 Å². The van der Waals surface area contributed by atoms with Gasteiger partial charge in [0.25, 0.3) is 5.91 Å². The molecule has 0 unspecified atom stereocenters. The topological polar surface area (TPSA) is 86.2 Å². The molecule has 7 nitrogen and oxygen atoms in total. The van der Waals surface area contributed by atoms with Crippen LogP contribution >= 0.6 is 15.9 Å².